The Morgan fingerprint density at radius 1 is 1.10 bits per heavy atom. The maximum Gasteiger partial charge on any atom is 0.122 e. The highest BCUT2D eigenvalue weighted by Crippen LogP contribution is 2.28. The van der Waals surface area contributed by atoms with Crippen LogP contribution in [0.3, 0.4) is 0 Å². The minimum Gasteiger partial charge on any atom is -0.492 e. The molecule has 1 N–H and O–H groups in total. The van der Waals surface area contributed by atoms with E-state index in [-0.39, 0.29) is 0 Å². The number of para-hydroxylation sites is 1. The fourth-order valence-corrected chi connectivity index (χ4v) is 2.23. The van der Waals surface area contributed by atoms with Gasteiger partial charge in [-0.3, -0.25) is 0 Å². The molecule has 0 aliphatic rings. The summed E-state index contributed by atoms with van der Waals surface area (Å²) in [5.41, 5.74) is 1.33. The summed E-state index contributed by atoms with van der Waals surface area (Å²) in [7, 11) is 0. The van der Waals surface area contributed by atoms with E-state index in [1.54, 1.807) is 0 Å². The van der Waals surface area contributed by atoms with Gasteiger partial charge >= 0.3 is 0 Å². The smallest absolute Gasteiger partial charge is 0.122 e. The van der Waals surface area contributed by atoms with Crippen LogP contribution < -0.4 is 10.1 Å². The Morgan fingerprint density at radius 2 is 1.85 bits per heavy atom. The molecule has 1 atom stereocenters. The van der Waals surface area contributed by atoms with Crippen molar-refractivity contribution < 1.29 is 4.74 Å². The highest BCUT2D eigenvalue weighted by Gasteiger charge is 2.08. The molecule has 2 heteroatoms. The second kappa shape index (κ2) is 9.82. The van der Waals surface area contributed by atoms with E-state index in [1.165, 1.54) is 18.4 Å². The molecule has 0 saturated heterocycles. The maximum atomic E-state index is 5.93. The van der Waals surface area contributed by atoms with E-state index in [2.05, 4.69) is 57.3 Å². The van der Waals surface area contributed by atoms with Crippen molar-refractivity contribution in [2.45, 2.75) is 52.9 Å². The van der Waals surface area contributed by atoms with Gasteiger partial charge in [0.25, 0.3) is 0 Å². The van der Waals surface area contributed by atoms with Crippen molar-refractivity contribution in [1.29, 1.82) is 0 Å². The van der Waals surface area contributed by atoms with Gasteiger partial charge in [0.05, 0.1) is 0 Å². The predicted molar refractivity (Wildman–Crippen MR) is 87.6 cm³/mol. The van der Waals surface area contributed by atoms with Crippen molar-refractivity contribution in [1.82, 2.24) is 5.32 Å². The zero-order valence-electron chi connectivity index (χ0n) is 13.6. The molecule has 0 amide bonds. The van der Waals surface area contributed by atoms with Crippen LogP contribution in [0.25, 0.3) is 0 Å². The molecule has 0 aliphatic heterocycles. The average Bonchev–Trinajstić information content (AvgIpc) is 2.45. The van der Waals surface area contributed by atoms with Gasteiger partial charge in [-0.2, -0.15) is 0 Å². The van der Waals surface area contributed by atoms with Gasteiger partial charge in [0.1, 0.15) is 12.4 Å². The molecule has 1 unspecified atom stereocenters. The van der Waals surface area contributed by atoms with Crippen LogP contribution in [0, 0.1) is 5.92 Å². The van der Waals surface area contributed by atoms with Crippen molar-refractivity contribution >= 4 is 0 Å². The number of hydrogen-bond donors (Lipinski definition) is 1. The Morgan fingerprint density at radius 3 is 2.55 bits per heavy atom. The third-order valence-electron chi connectivity index (χ3n) is 3.73. The van der Waals surface area contributed by atoms with Gasteiger partial charge in [0.2, 0.25) is 0 Å². The van der Waals surface area contributed by atoms with E-state index >= 15 is 0 Å². The molecule has 2 nitrogen and oxygen atoms in total. The van der Waals surface area contributed by atoms with E-state index in [4.69, 9.17) is 4.74 Å². The van der Waals surface area contributed by atoms with E-state index in [9.17, 15) is 0 Å². The minimum absolute atomic E-state index is 0.560. The molecule has 0 bridgehead atoms. The highest BCUT2D eigenvalue weighted by molar-refractivity contribution is 5.35. The zero-order valence-corrected chi connectivity index (χ0v) is 13.6. The van der Waals surface area contributed by atoms with Gasteiger partial charge in [-0.1, -0.05) is 45.9 Å². The molecule has 1 aromatic rings. The molecular formula is C18H31NO. The summed E-state index contributed by atoms with van der Waals surface area (Å²) in [5, 5.41) is 3.45. The minimum atomic E-state index is 0.560. The maximum absolute atomic E-state index is 5.93. The Bertz CT molecular complexity index is 362. The van der Waals surface area contributed by atoms with E-state index in [0.717, 1.165) is 37.8 Å². The summed E-state index contributed by atoms with van der Waals surface area (Å²) in [6.07, 6.45) is 3.69. The SMILES string of the molecule is CCC(C)c1ccccc1OCCNCCCC(C)C. The van der Waals surface area contributed by atoms with Crippen LogP contribution in [0.15, 0.2) is 24.3 Å². The number of benzene rings is 1. The molecule has 0 spiro atoms. The van der Waals surface area contributed by atoms with Crippen LogP contribution in [-0.4, -0.2) is 19.7 Å². The summed E-state index contributed by atoms with van der Waals surface area (Å²) in [5.74, 6) is 2.41. The average molecular weight is 277 g/mol. The fraction of sp³-hybridized carbons (Fsp3) is 0.667. The summed E-state index contributed by atoms with van der Waals surface area (Å²) in [6.45, 7) is 11.8. The van der Waals surface area contributed by atoms with Crippen LogP contribution in [-0.2, 0) is 0 Å². The first-order chi connectivity index (χ1) is 9.65. The first-order valence-corrected chi connectivity index (χ1v) is 8.07. The lowest BCUT2D eigenvalue weighted by Gasteiger charge is -2.15. The number of nitrogens with one attached hydrogen (secondary N) is 1. The monoisotopic (exact) mass is 277 g/mol. The van der Waals surface area contributed by atoms with Crippen LogP contribution in [0.5, 0.6) is 5.75 Å². The zero-order chi connectivity index (χ0) is 14.8. The van der Waals surface area contributed by atoms with Gasteiger partial charge in [0, 0.05) is 6.54 Å². The standard InChI is InChI=1S/C18H31NO/c1-5-16(4)17-10-6-7-11-18(17)20-14-13-19-12-8-9-15(2)3/h6-7,10-11,15-16,19H,5,8-9,12-14H2,1-4H3. The van der Waals surface area contributed by atoms with Crippen molar-refractivity contribution in [2.24, 2.45) is 5.92 Å². The van der Waals surface area contributed by atoms with E-state index < -0.39 is 0 Å². The normalized spacial score (nSPS) is 12.7. The molecular weight excluding hydrogens is 246 g/mol. The molecule has 0 fully saturated rings. The van der Waals surface area contributed by atoms with Gasteiger partial charge in [-0.25, -0.2) is 0 Å². The number of rotatable bonds is 10. The Hall–Kier alpha value is -1.02. The Balaban J connectivity index is 2.25. The van der Waals surface area contributed by atoms with Gasteiger partial charge in [0.15, 0.2) is 0 Å². The third-order valence-corrected chi connectivity index (χ3v) is 3.73. The van der Waals surface area contributed by atoms with Crippen molar-refractivity contribution in [2.75, 3.05) is 19.7 Å². The summed E-state index contributed by atoms with van der Waals surface area (Å²) < 4.78 is 5.93. The second-order valence-corrected chi connectivity index (χ2v) is 5.98. The number of ether oxygens (including phenoxy) is 1. The van der Waals surface area contributed by atoms with Crippen LogP contribution in [0.4, 0.5) is 0 Å². The van der Waals surface area contributed by atoms with Crippen molar-refractivity contribution in [3.63, 3.8) is 0 Å². The fourth-order valence-electron chi connectivity index (χ4n) is 2.23. The molecule has 1 rings (SSSR count). The summed E-state index contributed by atoms with van der Waals surface area (Å²) >= 11 is 0. The lowest BCUT2D eigenvalue weighted by Crippen LogP contribution is -2.22. The predicted octanol–water partition coefficient (Wildman–Crippen LogP) is 4.60. The lowest BCUT2D eigenvalue weighted by atomic mass is 9.98. The molecule has 0 aromatic heterocycles. The van der Waals surface area contributed by atoms with Crippen LogP contribution in [0.2, 0.25) is 0 Å². The van der Waals surface area contributed by atoms with E-state index in [1.807, 2.05) is 0 Å². The quantitative estimate of drug-likeness (QED) is 0.631. The first kappa shape index (κ1) is 17.0. The van der Waals surface area contributed by atoms with Gasteiger partial charge < -0.3 is 10.1 Å². The molecule has 1 aromatic carbocycles. The Kier molecular flexibility index (Phi) is 8.36. The molecule has 20 heavy (non-hydrogen) atoms. The van der Waals surface area contributed by atoms with Crippen LogP contribution in [0.1, 0.15) is 58.4 Å². The molecule has 0 heterocycles. The first-order valence-electron chi connectivity index (χ1n) is 8.07. The molecule has 0 aliphatic carbocycles. The molecule has 0 saturated carbocycles. The van der Waals surface area contributed by atoms with Gasteiger partial charge in [-0.05, 0) is 49.3 Å². The van der Waals surface area contributed by atoms with Crippen LogP contribution >= 0.6 is 0 Å². The largest absolute Gasteiger partial charge is 0.492 e. The van der Waals surface area contributed by atoms with Crippen molar-refractivity contribution in [3.8, 4) is 5.75 Å². The van der Waals surface area contributed by atoms with E-state index in [0.29, 0.717) is 5.92 Å². The van der Waals surface area contributed by atoms with Gasteiger partial charge in [-0.15, -0.1) is 0 Å². The number of hydrogen-bond acceptors (Lipinski definition) is 2. The third kappa shape index (κ3) is 6.42. The molecule has 0 radical (unpaired) electrons. The second-order valence-electron chi connectivity index (χ2n) is 5.98. The Labute approximate surface area is 124 Å². The molecule has 114 valence electrons. The topological polar surface area (TPSA) is 21.3 Å². The lowest BCUT2D eigenvalue weighted by molar-refractivity contribution is 0.308. The summed E-state index contributed by atoms with van der Waals surface area (Å²) in [4.78, 5) is 0. The summed E-state index contributed by atoms with van der Waals surface area (Å²) in [6, 6.07) is 8.41. The van der Waals surface area contributed by atoms with Crippen molar-refractivity contribution in [3.05, 3.63) is 29.8 Å². The highest BCUT2D eigenvalue weighted by atomic mass is 16.5.